The molecule has 6 rings (SSSR count). The molecule has 0 radical (unpaired) electrons. The third kappa shape index (κ3) is 8.51. The molecule has 52 heavy (non-hydrogen) atoms. The zero-order valence-electron chi connectivity index (χ0n) is 32.2. The highest BCUT2D eigenvalue weighted by molar-refractivity contribution is 6.51. The fraction of sp³-hybridized carbons (Fsp3) is 0.250. The molecule has 0 bridgehead atoms. The van der Waals surface area contributed by atoms with Crippen molar-refractivity contribution in [3.63, 3.8) is 0 Å². The number of nitrogens with zero attached hydrogens (tertiary/aromatic N) is 3. The van der Waals surface area contributed by atoms with Gasteiger partial charge in [0.15, 0.2) is 0 Å². The monoisotopic (exact) mass is 684 g/mol. The van der Waals surface area contributed by atoms with Crippen LogP contribution in [0.4, 0.5) is 39.8 Å². The molecule has 5 aromatic rings. The summed E-state index contributed by atoms with van der Waals surface area (Å²) in [4.78, 5) is 12.7. The maximum absolute atomic E-state index is 5.31. The summed E-state index contributed by atoms with van der Waals surface area (Å²) in [5, 5.41) is 3.74. The first-order valence-electron chi connectivity index (χ1n) is 18.3. The summed E-state index contributed by atoms with van der Waals surface area (Å²) in [5.74, 6) is 0. The maximum atomic E-state index is 5.31. The van der Waals surface area contributed by atoms with Crippen LogP contribution in [0.15, 0.2) is 156 Å². The van der Waals surface area contributed by atoms with Crippen LogP contribution in [0, 0.1) is 0 Å². The molecule has 0 unspecified atom stereocenters. The van der Waals surface area contributed by atoms with Gasteiger partial charge >= 0.3 is 0 Å². The smallest absolute Gasteiger partial charge is 0.0894 e. The summed E-state index contributed by atoms with van der Waals surface area (Å²) in [5.41, 5.74) is 12.5. The molecule has 0 spiro atoms. The molecule has 1 aliphatic carbocycles. The quantitative estimate of drug-likeness (QED) is 0.173. The Balaban J connectivity index is 1.45. The van der Waals surface area contributed by atoms with Crippen LogP contribution in [-0.4, -0.2) is 11.4 Å². The van der Waals surface area contributed by atoms with Gasteiger partial charge in [-0.25, -0.2) is 9.98 Å². The standard InChI is InChI=1S/C48H52N4/c1-46(2,3)34-22-28-37(29-23-34)49-40-16-10-11-17-41(40)51-43-19-13-15-21-45(43)52(39-32-26-36(27-33-39)48(7,8)9)44-20-14-12-18-42(44)50-38-30-24-35(25-31-38)47(4,5)6/h10-33,50H,1-9H3. The normalized spacial score (nSPS) is 14.9. The summed E-state index contributed by atoms with van der Waals surface area (Å²) >= 11 is 0. The summed E-state index contributed by atoms with van der Waals surface area (Å²) in [7, 11) is 0. The van der Waals surface area contributed by atoms with E-state index >= 15 is 0 Å². The number of anilines is 5. The van der Waals surface area contributed by atoms with Crippen LogP contribution in [0.1, 0.15) is 79.0 Å². The van der Waals surface area contributed by atoms with E-state index in [0.717, 1.165) is 51.2 Å². The second-order valence-electron chi connectivity index (χ2n) is 16.6. The Hall–Kier alpha value is -5.48. The van der Waals surface area contributed by atoms with E-state index in [2.05, 4.69) is 194 Å². The zero-order chi connectivity index (χ0) is 37.1. The minimum absolute atomic E-state index is 0.0373. The van der Waals surface area contributed by atoms with Crippen molar-refractivity contribution >= 4 is 51.2 Å². The van der Waals surface area contributed by atoms with Crippen molar-refractivity contribution in [3.8, 4) is 0 Å². The number of allylic oxidation sites excluding steroid dienone is 4. The highest BCUT2D eigenvalue weighted by atomic mass is 15.2. The van der Waals surface area contributed by atoms with Gasteiger partial charge in [0.05, 0.1) is 39.9 Å². The molecular formula is C48H52N4. The highest BCUT2D eigenvalue weighted by Gasteiger charge is 2.22. The minimum atomic E-state index is 0.0373. The first-order valence-corrected chi connectivity index (χ1v) is 18.3. The predicted molar refractivity (Wildman–Crippen MR) is 226 cm³/mol. The van der Waals surface area contributed by atoms with Crippen LogP contribution in [0.25, 0.3) is 0 Å². The van der Waals surface area contributed by atoms with Crippen molar-refractivity contribution in [1.82, 2.24) is 0 Å². The van der Waals surface area contributed by atoms with Crippen molar-refractivity contribution in [2.24, 2.45) is 9.98 Å². The summed E-state index contributed by atoms with van der Waals surface area (Å²) in [6, 6.07) is 43.1. The van der Waals surface area contributed by atoms with Crippen LogP contribution in [0.3, 0.4) is 0 Å². The van der Waals surface area contributed by atoms with Crippen LogP contribution in [0.5, 0.6) is 0 Å². The summed E-state index contributed by atoms with van der Waals surface area (Å²) in [6.07, 6.45) is 8.12. The number of hydrogen-bond donors (Lipinski definition) is 1. The first kappa shape index (κ1) is 36.3. The molecule has 0 amide bonds. The molecule has 0 fully saturated rings. The van der Waals surface area contributed by atoms with Gasteiger partial charge in [-0.2, -0.15) is 0 Å². The fourth-order valence-corrected chi connectivity index (χ4v) is 6.21. The summed E-state index contributed by atoms with van der Waals surface area (Å²) in [6.45, 7) is 20.2. The third-order valence-corrected chi connectivity index (χ3v) is 9.39. The lowest BCUT2D eigenvalue weighted by atomic mass is 9.87. The van der Waals surface area contributed by atoms with Gasteiger partial charge in [0, 0.05) is 11.4 Å². The maximum Gasteiger partial charge on any atom is 0.0894 e. The van der Waals surface area contributed by atoms with Crippen LogP contribution >= 0.6 is 0 Å². The van der Waals surface area contributed by atoms with E-state index < -0.39 is 0 Å². The Morgan fingerprint density at radius 2 is 0.923 bits per heavy atom. The van der Waals surface area contributed by atoms with E-state index in [9.17, 15) is 0 Å². The second kappa shape index (κ2) is 14.6. The van der Waals surface area contributed by atoms with Gasteiger partial charge in [-0.05, 0) is 106 Å². The lowest BCUT2D eigenvalue weighted by Crippen LogP contribution is -2.15. The Labute approximate surface area is 311 Å². The van der Waals surface area contributed by atoms with Gasteiger partial charge < -0.3 is 10.2 Å². The number of para-hydroxylation sites is 4. The molecule has 0 aromatic heterocycles. The van der Waals surface area contributed by atoms with Crippen molar-refractivity contribution < 1.29 is 0 Å². The molecular weight excluding hydrogens is 633 g/mol. The number of rotatable bonds is 7. The van der Waals surface area contributed by atoms with Crippen molar-refractivity contribution in [2.45, 2.75) is 78.6 Å². The van der Waals surface area contributed by atoms with E-state index in [4.69, 9.17) is 9.98 Å². The third-order valence-electron chi connectivity index (χ3n) is 9.39. The largest absolute Gasteiger partial charge is 0.354 e. The summed E-state index contributed by atoms with van der Waals surface area (Å²) < 4.78 is 0. The molecule has 4 heteroatoms. The topological polar surface area (TPSA) is 40.0 Å². The fourth-order valence-electron chi connectivity index (χ4n) is 6.21. The predicted octanol–water partition coefficient (Wildman–Crippen LogP) is 13.8. The molecule has 0 atom stereocenters. The van der Waals surface area contributed by atoms with Crippen molar-refractivity contribution in [2.75, 3.05) is 10.2 Å². The first-order chi connectivity index (χ1) is 24.7. The molecule has 0 heterocycles. The average Bonchev–Trinajstić information content (AvgIpc) is 3.10. The van der Waals surface area contributed by atoms with Crippen molar-refractivity contribution in [1.29, 1.82) is 0 Å². The van der Waals surface area contributed by atoms with E-state index in [-0.39, 0.29) is 16.2 Å². The van der Waals surface area contributed by atoms with E-state index in [1.54, 1.807) is 0 Å². The lowest BCUT2D eigenvalue weighted by molar-refractivity contribution is 0.590. The van der Waals surface area contributed by atoms with Gasteiger partial charge in [-0.1, -0.05) is 135 Å². The Kier molecular flexibility index (Phi) is 10.2. The number of hydrogen-bond acceptors (Lipinski definition) is 4. The number of nitrogens with one attached hydrogen (secondary N) is 1. The van der Waals surface area contributed by atoms with Crippen LogP contribution in [0.2, 0.25) is 0 Å². The average molecular weight is 685 g/mol. The van der Waals surface area contributed by atoms with Gasteiger partial charge in [-0.15, -0.1) is 0 Å². The van der Waals surface area contributed by atoms with Crippen LogP contribution < -0.4 is 10.2 Å². The Bertz CT molecular complexity index is 2130. The lowest BCUT2D eigenvalue weighted by Gasteiger charge is -2.30. The molecule has 0 saturated heterocycles. The molecule has 1 N–H and O–H groups in total. The van der Waals surface area contributed by atoms with E-state index in [0.29, 0.717) is 0 Å². The van der Waals surface area contributed by atoms with Crippen molar-refractivity contribution in [3.05, 3.63) is 162 Å². The number of benzene rings is 5. The SMILES string of the molecule is CC(C)(C)c1ccc(N=C2C=CC=CC2=Nc2ccccc2N(c2ccc(C(C)(C)C)cc2)c2ccccc2Nc2ccc(C(C)(C)C)cc2)cc1. The highest BCUT2D eigenvalue weighted by Crippen LogP contribution is 2.44. The Morgan fingerprint density at radius 3 is 1.48 bits per heavy atom. The number of aliphatic imine (C=N–C) groups is 2. The van der Waals surface area contributed by atoms with Gasteiger partial charge in [0.2, 0.25) is 0 Å². The molecule has 4 nitrogen and oxygen atoms in total. The molecule has 5 aromatic carbocycles. The zero-order valence-corrected chi connectivity index (χ0v) is 32.2. The van der Waals surface area contributed by atoms with Crippen LogP contribution in [-0.2, 0) is 16.2 Å². The van der Waals surface area contributed by atoms with E-state index in [1.165, 1.54) is 16.7 Å². The Morgan fingerprint density at radius 1 is 0.462 bits per heavy atom. The molecule has 1 aliphatic rings. The minimum Gasteiger partial charge on any atom is -0.354 e. The van der Waals surface area contributed by atoms with E-state index in [1.807, 2.05) is 24.3 Å². The van der Waals surface area contributed by atoms with Gasteiger partial charge in [0.25, 0.3) is 0 Å². The second-order valence-corrected chi connectivity index (χ2v) is 16.6. The molecule has 264 valence electrons. The van der Waals surface area contributed by atoms with Gasteiger partial charge in [0.1, 0.15) is 0 Å². The molecule has 0 saturated carbocycles. The van der Waals surface area contributed by atoms with Gasteiger partial charge in [-0.3, -0.25) is 0 Å². The molecule has 0 aliphatic heterocycles.